The fourth-order valence-corrected chi connectivity index (χ4v) is 1.47. The van der Waals surface area contributed by atoms with Gasteiger partial charge in [0.2, 0.25) is 0 Å². The fourth-order valence-electron chi connectivity index (χ4n) is 1.26. The number of carbonyl (C=O) groups excluding carboxylic acids is 1. The van der Waals surface area contributed by atoms with Crippen molar-refractivity contribution in [1.82, 2.24) is 10.5 Å². The van der Waals surface area contributed by atoms with Crippen molar-refractivity contribution in [3.05, 3.63) is 47.6 Å². The molecule has 4 nitrogen and oxygen atoms in total. The summed E-state index contributed by atoms with van der Waals surface area (Å²) in [5.74, 6) is -0.233. The number of benzene rings is 1. The molecule has 1 N–H and O–H groups in total. The minimum Gasteiger partial charge on any atom is -0.360 e. The van der Waals surface area contributed by atoms with Gasteiger partial charge in [-0.05, 0) is 18.2 Å². The van der Waals surface area contributed by atoms with Crippen LogP contribution in [0.25, 0.3) is 0 Å². The number of rotatable bonds is 3. The molecule has 0 unspecified atom stereocenters. The Morgan fingerprint density at radius 3 is 2.94 bits per heavy atom. The highest BCUT2D eigenvalue weighted by molar-refractivity contribution is 7.80. The van der Waals surface area contributed by atoms with Crippen LogP contribution in [-0.2, 0) is 6.54 Å². The molecule has 6 heteroatoms. The second kappa shape index (κ2) is 5.01. The van der Waals surface area contributed by atoms with Gasteiger partial charge in [0, 0.05) is 16.5 Å². The lowest BCUT2D eigenvalue weighted by molar-refractivity contribution is 0.0947. The van der Waals surface area contributed by atoms with Gasteiger partial charge in [0.1, 0.15) is 5.82 Å². The first-order valence-corrected chi connectivity index (χ1v) is 5.28. The lowest BCUT2D eigenvalue weighted by Crippen LogP contribution is -2.22. The van der Waals surface area contributed by atoms with E-state index in [1.165, 1.54) is 24.4 Å². The third kappa shape index (κ3) is 2.85. The molecule has 1 aromatic heterocycles. The van der Waals surface area contributed by atoms with Crippen LogP contribution in [0.4, 0.5) is 4.39 Å². The van der Waals surface area contributed by atoms with Gasteiger partial charge in [-0.15, -0.1) is 12.6 Å². The molecule has 1 heterocycles. The molecule has 0 spiro atoms. The minimum absolute atomic E-state index is 0.136. The first-order valence-electron chi connectivity index (χ1n) is 4.83. The average Bonchev–Trinajstić information content (AvgIpc) is 2.82. The summed E-state index contributed by atoms with van der Waals surface area (Å²) >= 11 is 3.91. The number of amides is 1. The van der Waals surface area contributed by atoms with E-state index in [2.05, 4.69) is 23.1 Å². The molecule has 0 aliphatic heterocycles. The fraction of sp³-hybridized carbons (Fsp3) is 0.0909. The Kier molecular flexibility index (Phi) is 3.43. The molecule has 2 rings (SSSR count). The molecule has 0 radical (unpaired) electrons. The molecule has 88 valence electrons. The molecule has 1 amide bonds. The molecule has 0 atom stereocenters. The maximum atomic E-state index is 12.9. The Morgan fingerprint density at radius 2 is 2.29 bits per heavy atom. The Hall–Kier alpha value is -1.82. The maximum absolute atomic E-state index is 12.9. The van der Waals surface area contributed by atoms with Gasteiger partial charge in [-0.1, -0.05) is 5.16 Å². The predicted molar refractivity (Wildman–Crippen MR) is 61.3 cm³/mol. The number of thiol groups is 1. The summed E-state index contributed by atoms with van der Waals surface area (Å²) in [6.07, 6.45) is 1.49. The van der Waals surface area contributed by atoms with Gasteiger partial charge in [-0.3, -0.25) is 4.79 Å². The van der Waals surface area contributed by atoms with Gasteiger partial charge in [0.25, 0.3) is 5.91 Å². The summed E-state index contributed by atoms with van der Waals surface area (Å²) in [5.41, 5.74) is 0.343. The first-order chi connectivity index (χ1) is 8.16. The number of hydrogen-bond donors (Lipinski definition) is 2. The van der Waals surface area contributed by atoms with E-state index in [1.54, 1.807) is 6.07 Å². The lowest BCUT2D eigenvalue weighted by Gasteiger charge is -2.04. The topological polar surface area (TPSA) is 55.1 Å². The molecule has 2 aromatic rings. The molecular formula is C11H9FN2O2S. The zero-order valence-electron chi connectivity index (χ0n) is 8.68. The zero-order chi connectivity index (χ0) is 12.3. The Morgan fingerprint density at radius 1 is 1.47 bits per heavy atom. The van der Waals surface area contributed by atoms with Gasteiger partial charge < -0.3 is 9.84 Å². The van der Waals surface area contributed by atoms with Crippen molar-refractivity contribution in [3.8, 4) is 0 Å². The standard InChI is InChI=1S/C11H9FN2O2S/c12-9-2-1-7(5-10(9)17)11(15)13-6-8-3-4-14-16-8/h1-5,17H,6H2,(H,13,15). The number of halogens is 1. The molecule has 0 aliphatic carbocycles. The molecule has 0 saturated carbocycles. The van der Waals surface area contributed by atoms with E-state index < -0.39 is 5.82 Å². The Labute approximate surface area is 102 Å². The smallest absolute Gasteiger partial charge is 0.251 e. The molecule has 1 aromatic carbocycles. The van der Waals surface area contributed by atoms with Crippen LogP contribution < -0.4 is 5.32 Å². The Balaban J connectivity index is 2.02. The summed E-state index contributed by atoms with van der Waals surface area (Å²) in [7, 11) is 0. The molecule has 0 aliphatic rings. The monoisotopic (exact) mass is 252 g/mol. The van der Waals surface area contributed by atoms with E-state index in [0.717, 1.165) is 0 Å². The van der Waals surface area contributed by atoms with E-state index in [4.69, 9.17) is 4.52 Å². The van der Waals surface area contributed by atoms with Gasteiger partial charge in [-0.25, -0.2) is 4.39 Å². The third-order valence-electron chi connectivity index (χ3n) is 2.12. The van der Waals surface area contributed by atoms with Crippen LogP contribution in [0, 0.1) is 5.82 Å². The van der Waals surface area contributed by atoms with Crippen molar-refractivity contribution in [2.24, 2.45) is 0 Å². The molecular weight excluding hydrogens is 243 g/mol. The van der Waals surface area contributed by atoms with Crippen molar-refractivity contribution < 1.29 is 13.7 Å². The minimum atomic E-state index is -0.458. The summed E-state index contributed by atoms with van der Waals surface area (Å²) in [6, 6.07) is 5.61. The highest BCUT2D eigenvalue weighted by atomic mass is 32.1. The van der Waals surface area contributed by atoms with Crippen LogP contribution in [0.15, 0.2) is 39.9 Å². The van der Waals surface area contributed by atoms with Gasteiger partial charge in [0.05, 0.1) is 12.7 Å². The maximum Gasteiger partial charge on any atom is 0.251 e. The highest BCUT2D eigenvalue weighted by Gasteiger charge is 2.08. The SMILES string of the molecule is O=C(NCc1ccno1)c1ccc(F)c(S)c1. The normalized spacial score (nSPS) is 10.2. The largest absolute Gasteiger partial charge is 0.360 e. The van der Waals surface area contributed by atoms with Crippen molar-refractivity contribution in [1.29, 1.82) is 0 Å². The number of hydrogen-bond acceptors (Lipinski definition) is 4. The zero-order valence-corrected chi connectivity index (χ0v) is 9.58. The second-order valence-electron chi connectivity index (χ2n) is 3.33. The van der Waals surface area contributed by atoms with Crippen LogP contribution in [0.3, 0.4) is 0 Å². The van der Waals surface area contributed by atoms with Crippen LogP contribution >= 0.6 is 12.6 Å². The Bertz CT molecular complexity index is 528. The van der Waals surface area contributed by atoms with E-state index in [-0.39, 0.29) is 17.3 Å². The average molecular weight is 252 g/mol. The van der Waals surface area contributed by atoms with Crippen LogP contribution in [0.1, 0.15) is 16.1 Å². The summed E-state index contributed by atoms with van der Waals surface area (Å²) in [4.78, 5) is 11.8. The van der Waals surface area contributed by atoms with Gasteiger partial charge in [-0.2, -0.15) is 0 Å². The molecule has 0 bridgehead atoms. The number of nitrogens with one attached hydrogen (secondary N) is 1. The van der Waals surface area contributed by atoms with E-state index in [9.17, 15) is 9.18 Å². The van der Waals surface area contributed by atoms with Crippen LogP contribution in [-0.4, -0.2) is 11.1 Å². The van der Waals surface area contributed by atoms with E-state index in [1.807, 2.05) is 0 Å². The van der Waals surface area contributed by atoms with Crippen molar-refractivity contribution in [2.75, 3.05) is 0 Å². The summed E-state index contributed by atoms with van der Waals surface area (Å²) in [5, 5.41) is 6.13. The van der Waals surface area contributed by atoms with Gasteiger partial charge in [0.15, 0.2) is 5.76 Å². The van der Waals surface area contributed by atoms with Crippen LogP contribution in [0.5, 0.6) is 0 Å². The van der Waals surface area contributed by atoms with Crippen molar-refractivity contribution >= 4 is 18.5 Å². The second-order valence-corrected chi connectivity index (χ2v) is 3.81. The first kappa shape index (κ1) is 11.7. The van der Waals surface area contributed by atoms with E-state index in [0.29, 0.717) is 11.3 Å². The predicted octanol–water partition coefficient (Wildman–Crippen LogP) is 2.03. The third-order valence-corrected chi connectivity index (χ3v) is 2.47. The number of carbonyl (C=O) groups is 1. The summed E-state index contributed by atoms with van der Waals surface area (Å²) < 4.78 is 17.8. The molecule has 0 fully saturated rings. The molecule has 0 saturated heterocycles. The quantitative estimate of drug-likeness (QED) is 0.822. The van der Waals surface area contributed by atoms with Crippen molar-refractivity contribution in [3.63, 3.8) is 0 Å². The lowest BCUT2D eigenvalue weighted by atomic mass is 10.2. The molecule has 17 heavy (non-hydrogen) atoms. The highest BCUT2D eigenvalue weighted by Crippen LogP contribution is 2.14. The van der Waals surface area contributed by atoms with Crippen LogP contribution in [0.2, 0.25) is 0 Å². The van der Waals surface area contributed by atoms with E-state index >= 15 is 0 Å². The number of nitrogens with zero attached hydrogens (tertiary/aromatic N) is 1. The van der Waals surface area contributed by atoms with Gasteiger partial charge >= 0.3 is 0 Å². The van der Waals surface area contributed by atoms with Crippen molar-refractivity contribution in [2.45, 2.75) is 11.4 Å². The number of aromatic nitrogens is 1. The summed E-state index contributed by atoms with van der Waals surface area (Å²) in [6.45, 7) is 0.234.